The number of benzene rings is 2. The number of carboxylic acids is 1. The number of ether oxygens (including phenoxy) is 2. The van der Waals surface area contributed by atoms with E-state index in [2.05, 4.69) is 11.9 Å². The zero-order chi connectivity index (χ0) is 26.0. The van der Waals surface area contributed by atoms with Crippen LogP contribution in [-0.4, -0.2) is 44.7 Å². The fraction of sp³-hybridized carbons (Fsp3) is 0.250. The Morgan fingerprint density at radius 1 is 1.08 bits per heavy atom. The molecule has 0 aliphatic rings. The van der Waals surface area contributed by atoms with Gasteiger partial charge in [0.15, 0.2) is 11.9 Å². The van der Waals surface area contributed by atoms with Crippen LogP contribution in [0.25, 0.3) is 11.0 Å². The van der Waals surface area contributed by atoms with Crippen LogP contribution in [0.15, 0.2) is 54.6 Å². The van der Waals surface area contributed by atoms with Crippen LogP contribution in [0.3, 0.4) is 0 Å². The maximum absolute atomic E-state index is 13.6. The molecule has 4 aromatic rings. The third-order valence-electron chi connectivity index (χ3n) is 6.25. The van der Waals surface area contributed by atoms with Crippen LogP contribution >= 0.6 is 0 Å². The Hall–Kier alpha value is -4.33. The van der Waals surface area contributed by atoms with Crippen LogP contribution in [-0.2, 0) is 17.8 Å². The lowest BCUT2D eigenvalue weighted by Gasteiger charge is -2.14. The van der Waals surface area contributed by atoms with Crippen molar-refractivity contribution in [3.8, 4) is 17.4 Å². The predicted molar refractivity (Wildman–Crippen MR) is 135 cm³/mol. The first-order valence-corrected chi connectivity index (χ1v) is 11.6. The number of ketones is 1. The number of carbonyl (C=O) groups is 2. The zero-order valence-corrected chi connectivity index (χ0v) is 20.6. The zero-order valence-electron chi connectivity index (χ0n) is 20.6. The van der Waals surface area contributed by atoms with Gasteiger partial charge in [0.05, 0.1) is 19.2 Å². The Morgan fingerprint density at radius 3 is 2.42 bits per heavy atom. The number of aromatic nitrogens is 2. The van der Waals surface area contributed by atoms with Crippen molar-refractivity contribution in [3.63, 3.8) is 0 Å². The van der Waals surface area contributed by atoms with E-state index in [0.29, 0.717) is 39.3 Å². The minimum atomic E-state index is -1.10. The van der Waals surface area contributed by atoms with Gasteiger partial charge in [0.2, 0.25) is 5.88 Å². The topological polar surface area (TPSA) is 111 Å². The lowest BCUT2D eigenvalue weighted by atomic mass is 9.99. The molecular weight excluding hydrogens is 460 g/mol. The number of pyridine rings is 1. The normalized spacial score (nSPS) is 11.9. The Kier molecular flexibility index (Phi) is 6.96. The number of rotatable bonds is 9. The number of fused-ring (bicyclic) bond motifs is 1. The van der Waals surface area contributed by atoms with Crippen molar-refractivity contribution in [2.45, 2.75) is 39.8 Å². The average molecular weight is 489 g/mol. The van der Waals surface area contributed by atoms with Gasteiger partial charge in [-0.1, -0.05) is 31.2 Å². The summed E-state index contributed by atoms with van der Waals surface area (Å²) < 4.78 is 12.5. The standard InChI is InChI=1S/C28H28N2O6/c1-5-18-6-8-19(9-7-18)26(32)25-16(2)30(27-22(25)12-13-24(29-27)35-4)15-20-10-11-21(14-23(20)31)36-17(3)28(33)34/h6-14,17,31H,5,15H2,1-4H3,(H,33,34). The van der Waals surface area contributed by atoms with E-state index >= 15 is 0 Å². The number of aliphatic carboxylic acids is 1. The molecule has 0 amide bonds. The van der Waals surface area contributed by atoms with Gasteiger partial charge in [-0.25, -0.2) is 4.79 Å². The fourth-order valence-corrected chi connectivity index (χ4v) is 4.13. The van der Waals surface area contributed by atoms with Crippen molar-refractivity contribution in [1.82, 2.24) is 9.55 Å². The van der Waals surface area contributed by atoms with Gasteiger partial charge in [0, 0.05) is 34.3 Å². The number of hydrogen-bond donors (Lipinski definition) is 2. The van der Waals surface area contributed by atoms with E-state index < -0.39 is 12.1 Å². The lowest BCUT2D eigenvalue weighted by Crippen LogP contribution is -2.22. The molecule has 0 saturated carbocycles. The van der Waals surface area contributed by atoms with Gasteiger partial charge in [-0.15, -0.1) is 0 Å². The van der Waals surface area contributed by atoms with E-state index in [1.807, 2.05) is 41.8 Å². The summed E-state index contributed by atoms with van der Waals surface area (Å²) in [6, 6.07) is 15.8. The number of carboxylic acid groups (broad SMARTS) is 1. The Balaban J connectivity index is 1.76. The molecule has 0 saturated heterocycles. The summed E-state index contributed by atoms with van der Waals surface area (Å²) in [5, 5.41) is 20.4. The molecule has 0 fully saturated rings. The smallest absolute Gasteiger partial charge is 0.344 e. The highest BCUT2D eigenvalue weighted by Crippen LogP contribution is 2.32. The molecule has 2 aromatic heterocycles. The first-order valence-electron chi connectivity index (χ1n) is 11.6. The van der Waals surface area contributed by atoms with E-state index in [9.17, 15) is 14.7 Å². The summed E-state index contributed by atoms with van der Waals surface area (Å²) in [4.78, 5) is 29.2. The van der Waals surface area contributed by atoms with E-state index in [1.165, 1.54) is 20.1 Å². The summed E-state index contributed by atoms with van der Waals surface area (Å²) in [5.74, 6) is -0.622. The molecule has 0 aliphatic carbocycles. The van der Waals surface area contributed by atoms with Crippen LogP contribution in [0.5, 0.6) is 17.4 Å². The molecule has 1 unspecified atom stereocenters. The van der Waals surface area contributed by atoms with Crippen LogP contribution in [0.4, 0.5) is 0 Å². The van der Waals surface area contributed by atoms with Gasteiger partial charge in [-0.05, 0) is 44.0 Å². The van der Waals surface area contributed by atoms with Gasteiger partial charge < -0.3 is 24.3 Å². The second-order valence-corrected chi connectivity index (χ2v) is 8.54. The molecule has 2 aromatic carbocycles. The minimum Gasteiger partial charge on any atom is -0.507 e. The molecule has 186 valence electrons. The maximum atomic E-state index is 13.6. The number of phenols is 1. The molecule has 36 heavy (non-hydrogen) atoms. The number of nitrogens with zero attached hydrogens (tertiary/aromatic N) is 2. The average Bonchev–Trinajstić information content (AvgIpc) is 3.15. The summed E-state index contributed by atoms with van der Waals surface area (Å²) in [7, 11) is 1.53. The molecule has 0 bridgehead atoms. The second kappa shape index (κ2) is 10.1. The molecule has 4 rings (SSSR count). The van der Waals surface area contributed by atoms with E-state index in [0.717, 1.165) is 12.0 Å². The van der Waals surface area contributed by atoms with Crippen LogP contribution in [0.2, 0.25) is 0 Å². The van der Waals surface area contributed by atoms with Crippen molar-refractivity contribution in [1.29, 1.82) is 0 Å². The summed E-state index contributed by atoms with van der Waals surface area (Å²) >= 11 is 0. The molecule has 0 radical (unpaired) electrons. The van der Waals surface area contributed by atoms with Crippen molar-refractivity contribution in [2.75, 3.05) is 7.11 Å². The van der Waals surface area contributed by atoms with E-state index in [4.69, 9.17) is 14.6 Å². The Bertz CT molecular complexity index is 1440. The molecule has 8 heteroatoms. The number of aromatic hydroxyl groups is 1. The van der Waals surface area contributed by atoms with Gasteiger partial charge in [-0.2, -0.15) is 4.98 Å². The Labute approximate surface area is 208 Å². The quantitative estimate of drug-likeness (QED) is 0.327. The SMILES string of the molecule is CCc1ccc(C(=O)c2c(C)n(Cc3ccc(OC(C)C(=O)O)cc3O)c3nc(OC)ccc23)cc1. The number of phenolic OH excluding ortho intramolecular Hbond substituents is 1. The Morgan fingerprint density at radius 2 is 1.81 bits per heavy atom. The van der Waals surface area contributed by atoms with Crippen molar-refractivity contribution in [2.24, 2.45) is 0 Å². The lowest BCUT2D eigenvalue weighted by molar-refractivity contribution is -0.144. The molecular formula is C28H28N2O6. The highest BCUT2D eigenvalue weighted by Gasteiger charge is 2.23. The monoisotopic (exact) mass is 488 g/mol. The van der Waals surface area contributed by atoms with Crippen molar-refractivity contribution in [3.05, 3.63) is 82.5 Å². The molecule has 1 atom stereocenters. The molecule has 0 spiro atoms. The predicted octanol–water partition coefficient (Wildman–Crippen LogP) is 4.75. The van der Waals surface area contributed by atoms with Gasteiger partial charge >= 0.3 is 5.97 Å². The molecule has 2 heterocycles. The first-order chi connectivity index (χ1) is 17.2. The van der Waals surface area contributed by atoms with E-state index in [1.54, 1.807) is 18.2 Å². The van der Waals surface area contributed by atoms with Crippen molar-refractivity contribution < 1.29 is 29.3 Å². The van der Waals surface area contributed by atoms with Crippen LogP contribution in [0, 0.1) is 6.92 Å². The largest absolute Gasteiger partial charge is 0.507 e. The highest BCUT2D eigenvalue weighted by atomic mass is 16.5. The van der Waals surface area contributed by atoms with Gasteiger partial charge in [0.25, 0.3) is 0 Å². The van der Waals surface area contributed by atoms with Crippen molar-refractivity contribution >= 4 is 22.8 Å². The van der Waals surface area contributed by atoms with Crippen LogP contribution in [0.1, 0.15) is 46.6 Å². The second-order valence-electron chi connectivity index (χ2n) is 8.54. The number of carbonyl (C=O) groups excluding carboxylic acids is 1. The maximum Gasteiger partial charge on any atom is 0.344 e. The third-order valence-corrected chi connectivity index (χ3v) is 6.25. The third kappa shape index (κ3) is 4.75. The van der Waals surface area contributed by atoms with Gasteiger partial charge in [-0.3, -0.25) is 4.79 Å². The minimum absolute atomic E-state index is 0.0581. The number of hydrogen-bond acceptors (Lipinski definition) is 6. The van der Waals surface area contributed by atoms with E-state index in [-0.39, 0.29) is 23.8 Å². The summed E-state index contributed by atoms with van der Waals surface area (Å²) in [6.07, 6.45) is -0.165. The molecule has 0 aliphatic heterocycles. The summed E-state index contributed by atoms with van der Waals surface area (Å²) in [5.41, 5.74) is 4.09. The molecule has 8 nitrogen and oxygen atoms in total. The van der Waals surface area contributed by atoms with Crippen LogP contribution < -0.4 is 9.47 Å². The first kappa shape index (κ1) is 24.8. The fourth-order valence-electron chi connectivity index (χ4n) is 4.13. The summed E-state index contributed by atoms with van der Waals surface area (Å²) in [6.45, 7) is 5.56. The van der Waals surface area contributed by atoms with Gasteiger partial charge in [0.1, 0.15) is 17.1 Å². The number of aryl methyl sites for hydroxylation is 1. The highest BCUT2D eigenvalue weighted by molar-refractivity contribution is 6.17. The number of methoxy groups -OCH3 is 1. The molecule has 2 N–H and O–H groups in total.